The number of hydrogen-bond acceptors (Lipinski definition) is 3. The van der Waals surface area contributed by atoms with E-state index >= 15 is 0 Å². The molecule has 1 heterocycles. The molecule has 1 rings (SSSR count). The van der Waals surface area contributed by atoms with Crippen LogP contribution in [0.4, 0.5) is 5.95 Å². The van der Waals surface area contributed by atoms with Crippen LogP contribution in [0.3, 0.4) is 0 Å². The first-order chi connectivity index (χ1) is 8.54. The van der Waals surface area contributed by atoms with Crippen molar-refractivity contribution in [2.75, 3.05) is 32.5 Å². The molecule has 1 atom stereocenters. The van der Waals surface area contributed by atoms with Gasteiger partial charge in [0.25, 0.3) is 0 Å². The van der Waals surface area contributed by atoms with E-state index in [9.17, 15) is 0 Å². The van der Waals surface area contributed by atoms with Crippen molar-refractivity contribution in [3.63, 3.8) is 0 Å². The molecule has 0 fully saturated rings. The van der Waals surface area contributed by atoms with Crippen LogP contribution in [0.25, 0.3) is 0 Å². The van der Waals surface area contributed by atoms with Gasteiger partial charge in [-0.15, -0.1) is 6.58 Å². The maximum Gasteiger partial charge on any atom is 0.203 e. The molecule has 1 aromatic rings. The second-order valence-electron chi connectivity index (χ2n) is 5.37. The van der Waals surface area contributed by atoms with Crippen molar-refractivity contribution in [2.24, 2.45) is 5.92 Å². The Balaban J connectivity index is 2.82. The van der Waals surface area contributed by atoms with Crippen molar-refractivity contribution < 1.29 is 0 Å². The third-order valence-electron chi connectivity index (χ3n) is 2.79. The number of likely N-dealkylation sites (N-methyl/N-ethyl adjacent to an activating group) is 1. The zero-order chi connectivity index (χ0) is 13.5. The van der Waals surface area contributed by atoms with Crippen LogP contribution < -0.4 is 5.32 Å². The number of imidazole rings is 1. The highest BCUT2D eigenvalue weighted by molar-refractivity contribution is 5.27. The smallest absolute Gasteiger partial charge is 0.203 e. The van der Waals surface area contributed by atoms with Gasteiger partial charge in [-0.05, 0) is 26.4 Å². The van der Waals surface area contributed by atoms with Crippen molar-refractivity contribution >= 4 is 5.95 Å². The molecule has 0 aromatic carbocycles. The summed E-state index contributed by atoms with van der Waals surface area (Å²) >= 11 is 0. The van der Waals surface area contributed by atoms with Crippen molar-refractivity contribution in [2.45, 2.75) is 26.3 Å². The summed E-state index contributed by atoms with van der Waals surface area (Å²) < 4.78 is 2.24. The lowest BCUT2D eigenvalue weighted by Gasteiger charge is -2.25. The standard InChI is InChI=1S/C14H26N4/c1-6-7-15-14-16-8-9-18(14)13(10-12(2)3)11-17(4)5/h6,8-9,12-13H,1,7,10-11H2,2-5H3,(H,15,16). The third-order valence-corrected chi connectivity index (χ3v) is 2.79. The van der Waals surface area contributed by atoms with E-state index < -0.39 is 0 Å². The van der Waals surface area contributed by atoms with Gasteiger partial charge >= 0.3 is 0 Å². The molecule has 0 aliphatic carbocycles. The van der Waals surface area contributed by atoms with Gasteiger partial charge in [-0.3, -0.25) is 0 Å². The Hall–Kier alpha value is -1.29. The topological polar surface area (TPSA) is 33.1 Å². The van der Waals surface area contributed by atoms with Gasteiger partial charge in [-0.1, -0.05) is 19.9 Å². The minimum Gasteiger partial charge on any atom is -0.352 e. The van der Waals surface area contributed by atoms with Gasteiger partial charge in [-0.25, -0.2) is 4.98 Å². The summed E-state index contributed by atoms with van der Waals surface area (Å²) in [5.74, 6) is 1.60. The summed E-state index contributed by atoms with van der Waals surface area (Å²) in [7, 11) is 4.22. The van der Waals surface area contributed by atoms with Crippen molar-refractivity contribution in [3.05, 3.63) is 25.0 Å². The fourth-order valence-corrected chi connectivity index (χ4v) is 2.15. The molecule has 1 aromatic heterocycles. The maximum atomic E-state index is 4.37. The first kappa shape index (κ1) is 14.8. The van der Waals surface area contributed by atoms with Crippen LogP contribution in [-0.4, -0.2) is 41.6 Å². The van der Waals surface area contributed by atoms with Crippen LogP contribution in [0.1, 0.15) is 26.3 Å². The fourth-order valence-electron chi connectivity index (χ4n) is 2.15. The van der Waals surface area contributed by atoms with E-state index in [1.54, 1.807) is 0 Å². The Bertz CT molecular complexity index is 344. The second-order valence-corrected chi connectivity index (χ2v) is 5.37. The van der Waals surface area contributed by atoms with Crippen LogP contribution in [0.15, 0.2) is 25.0 Å². The van der Waals surface area contributed by atoms with Crippen molar-refractivity contribution in [1.82, 2.24) is 14.5 Å². The van der Waals surface area contributed by atoms with Crippen molar-refractivity contribution in [3.8, 4) is 0 Å². The molecule has 0 radical (unpaired) electrons. The molecule has 102 valence electrons. The molecular formula is C14H26N4. The zero-order valence-corrected chi connectivity index (χ0v) is 12.1. The number of aromatic nitrogens is 2. The highest BCUT2D eigenvalue weighted by Crippen LogP contribution is 2.22. The number of anilines is 1. The Morgan fingerprint density at radius 2 is 2.22 bits per heavy atom. The van der Waals surface area contributed by atoms with Crippen LogP contribution in [0, 0.1) is 5.92 Å². The van der Waals surface area contributed by atoms with E-state index in [1.165, 1.54) is 0 Å². The molecule has 1 N–H and O–H groups in total. The molecular weight excluding hydrogens is 224 g/mol. The molecule has 4 nitrogen and oxygen atoms in total. The molecule has 4 heteroatoms. The summed E-state index contributed by atoms with van der Waals surface area (Å²) in [4.78, 5) is 6.60. The summed E-state index contributed by atoms with van der Waals surface area (Å²) in [6.07, 6.45) is 6.91. The van der Waals surface area contributed by atoms with E-state index in [4.69, 9.17) is 0 Å². The molecule has 0 saturated heterocycles. The molecule has 0 aliphatic heterocycles. The molecule has 1 unspecified atom stereocenters. The predicted octanol–water partition coefficient (Wildman–Crippen LogP) is 2.63. The lowest BCUT2D eigenvalue weighted by atomic mass is 10.0. The minimum absolute atomic E-state index is 0.454. The average Bonchev–Trinajstić information content (AvgIpc) is 2.72. The lowest BCUT2D eigenvalue weighted by molar-refractivity contribution is 0.290. The lowest BCUT2D eigenvalue weighted by Crippen LogP contribution is -2.26. The SMILES string of the molecule is C=CCNc1nccn1C(CC(C)C)CN(C)C. The van der Waals surface area contributed by atoms with Crippen LogP contribution in [0.5, 0.6) is 0 Å². The average molecular weight is 250 g/mol. The highest BCUT2D eigenvalue weighted by Gasteiger charge is 2.16. The first-order valence-corrected chi connectivity index (χ1v) is 6.57. The maximum absolute atomic E-state index is 4.37. The molecule has 0 bridgehead atoms. The van der Waals surface area contributed by atoms with Gasteiger partial charge in [-0.2, -0.15) is 0 Å². The third kappa shape index (κ3) is 4.53. The van der Waals surface area contributed by atoms with Crippen LogP contribution in [-0.2, 0) is 0 Å². The van der Waals surface area contributed by atoms with Crippen LogP contribution >= 0.6 is 0 Å². The minimum atomic E-state index is 0.454. The number of rotatable bonds is 8. The van der Waals surface area contributed by atoms with E-state index in [1.807, 2.05) is 12.3 Å². The number of hydrogen-bond donors (Lipinski definition) is 1. The molecule has 0 spiro atoms. The summed E-state index contributed by atoms with van der Waals surface area (Å²) in [5, 5.41) is 3.29. The van der Waals surface area contributed by atoms with Gasteiger partial charge in [0.2, 0.25) is 5.95 Å². The fraction of sp³-hybridized carbons (Fsp3) is 0.643. The van der Waals surface area contributed by atoms with Gasteiger partial charge in [0.15, 0.2) is 0 Å². The van der Waals surface area contributed by atoms with Gasteiger partial charge in [0.05, 0.1) is 0 Å². The van der Waals surface area contributed by atoms with Gasteiger partial charge in [0.1, 0.15) is 0 Å². The van der Waals surface area contributed by atoms with E-state index in [0.29, 0.717) is 12.0 Å². The van der Waals surface area contributed by atoms with Gasteiger partial charge in [0, 0.05) is 31.5 Å². The number of nitrogens with one attached hydrogen (secondary N) is 1. The highest BCUT2D eigenvalue weighted by atomic mass is 15.2. The summed E-state index contributed by atoms with van der Waals surface area (Å²) in [5.41, 5.74) is 0. The second kappa shape index (κ2) is 7.21. The Labute approximate surface area is 111 Å². The van der Waals surface area contributed by atoms with Gasteiger partial charge < -0.3 is 14.8 Å². The van der Waals surface area contributed by atoms with E-state index in [0.717, 1.165) is 25.5 Å². The zero-order valence-electron chi connectivity index (χ0n) is 12.1. The quantitative estimate of drug-likeness (QED) is 0.720. The molecule has 18 heavy (non-hydrogen) atoms. The van der Waals surface area contributed by atoms with E-state index in [2.05, 4.69) is 60.5 Å². The normalized spacial score (nSPS) is 13.0. The molecule has 0 amide bonds. The Morgan fingerprint density at radius 3 is 2.78 bits per heavy atom. The summed E-state index contributed by atoms with van der Waals surface area (Å²) in [6, 6.07) is 0.454. The Kier molecular flexibility index (Phi) is 5.92. The Morgan fingerprint density at radius 1 is 1.50 bits per heavy atom. The predicted molar refractivity (Wildman–Crippen MR) is 78.0 cm³/mol. The largest absolute Gasteiger partial charge is 0.352 e. The van der Waals surface area contributed by atoms with Crippen molar-refractivity contribution in [1.29, 1.82) is 0 Å². The molecule has 0 saturated carbocycles. The van der Waals surface area contributed by atoms with Crippen LogP contribution in [0.2, 0.25) is 0 Å². The number of nitrogens with zero attached hydrogens (tertiary/aromatic N) is 3. The van der Waals surface area contributed by atoms with E-state index in [-0.39, 0.29) is 0 Å². The molecule has 0 aliphatic rings. The monoisotopic (exact) mass is 250 g/mol. The first-order valence-electron chi connectivity index (χ1n) is 6.57. The summed E-state index contributed by atoms with van der Waals surface area (Å²) in [6.45, 7) is 10.0.